The van der Waals surface area contributed by atoms with Gasteiger partial charge in [0.25, 0.3) is 0 Å². The summed E-state index contributed by atoms with van der Waals surface area (Å²) in [7, 11) is 0. The first-order valence-electron chi connectivity index (χ1n) is 5.87. The number of thiophene rings is 1. The number of hydrogen-bond acceptors (Lipinski definition) is 2. The molecule has 1 aromatic carbocycles. The van der Waals surface area contributed by atoms with Crippen molar-refractivity contribution < 1.29 is 0 Å². The Balaban J connectivity index is 2.05. The molecule has 0 radical (unpaired) electrons. The summed E-state index contributed by atoms with van der Waals surface area (Å²) in [4.78, 5) is 3.78. The smallest absolute Gasteiger partial charge is 0.0462 e. The topological polar surface area (TPSA) is 3.24 Å². The van der Waals surface area contributed by atoms with Crippen molar-refractivity contribution in [2.24, 2.45) is 0 Å². The van der Waals surface area contributed by atoms with E-state index >= 15 is 0 Å². The summed E-state index contributed by atoms with van der Waals surface area (Å²) in [6, 6.07) is 10.4. The van der Waals surface area contributed by atoms with Gasteiger partial charge in [-0.15, -0.1) is 11.3 Å². The summed E-state index contributed by atoms with van der Waals surface area (Å²) < 4.78 is 1.03. The van der Waals surface area contributed by atoms with Crippen LogP contribution in [-0.4, -0.2) is 11.4 Å². The molecule has 0 unspecified atom stereocenters. The first-order chi connectivity index (χ1) is 8.69. The molecule has 0 atom stereocenters. The van der Waals surface area contributed by atoms with Crippen LogP contribution < -0.4 is 0 Å². The molecule has 0 saturated carbocycles. The van der Waals surface area contributed by atoms with Gasteiger partial charge in [-0.2, -0.15) is 0 Å². The van der Waals surface area contributed by atoms with Crippen LogP contribution in [0.1, 0.15) is 17.4 Å². The quantitative estimate of drug-likeness (QED) is 0.722. The standard InChI is InChI=1S/C14H15BrClNS/c1-2-17(10-13-4-3-7-18-13)9-11-5-6-12(15)8-14(11)16/h3-8H,2,9-10H2,1H3. The zero-order valence-electron chi connectivity index (χ0n) is 10.2. The Morgan fingerprint density at radius 2 is 2.11 bits per heavy atom. The third-order valence-corrected chi connectivity index (χ3v) is 4.52. The molecule has 0 aliphatic carbocycles. The summed E-state index contributed by atoms with van der Waals surface area (Å²) in [6.07, 6.45) is 0. The highest BCUT2D eigenvalue weighted by atomic mass is 79.9. The van der Waals surface area contributed by atoms with Crippen molar-refractivity contribution in [3.63, 3.8) is 0 Å². The van der Waals surface area contributed by atoms with E-state index in [0.717, 1.165) is 29.1 Å². The van der Waals surface area contributed by atoms with E-state index < -0.39 is 0 Å². The molecule has 2 aromatic rings. The van der Waals surface area contributed by atoms with Crippen LogP contribution in [0.4, 0.5) is 0 Å². The van der Waals surface area contributed by atoms with Crippen LogP contribution in [0.5, 0.6) is 0 Å². The Hall–Kier alpha value is -0.350. The van der Waals surface area contributed by atoms with Gasteiger partial charge in [-0.3, -0.25) is 4.90 Å². The molecule has 0 saturated heterocycles. The summed E-state index contributed by atoms with van der Waals surface area (Å²) >= 11 is 11.5. The lowest BCUT2D eigenvalue weighted by atomic mass is 10.2. The van der Waals surface area contributed by atoms with Gasteiger partial charge in [-0.05, 0) is 35.7 Å². The van der Waals surface area contributed by atoms with Crippen molar-refractivity contribution in [2.75, 3.05) is 6.54 Å². The van der Waals surface area contributed by atoms with E-state index in [0.29, 0.717) is 0 Å². The molecule has 0 spiro atoms. The minimum Gasteiger partial charge on any atom is -0.294 e. The van der Waals surface area contributed by atoms with Crippen LogP contribution in [0.15, 0.2) is 40.2 Å². The van der Waals surface area contributed by atoms with E-state index in [1.165, 1.54) is 10.4 Å². The maximum Gasteiger partial charge on any atom is 0.0462 e. The molecule has 0 bridgehead atoms. The summed E-state index contributed by atoms with van der Waals surface area (Å²) in [6.45, 7) is 5.08. The monoisotopic (exact) mass is 343 g/mol. The first-order valence-corrected chi connectivity index (χ1v) is 7.92. The third kappa shape index (κ3) is 3.82. The molecular formula is C14H15BrClNS. The molecule has 1 nitrogen and oxygen atoms in total. The maximum absolute atomic E-state index is 6.26. The van der Waals surface area contributed by atoms with Crippen LogP contribution in [0.2, 0.25) is 5.02 Å². The van der Waals surface area contributed by atoms with Gasteiger partial charge in [0.05, 0.1) is 0 Å². The van der Waals surface area contributed by atoms with Crippen molar-refractivity contribution in [3.8, 4) is 0 Å². The first kappa shape index (κ1) is 14.1. The van der Waals surface area contributed by atoms with Gasteiger partial charge in [0.1, 0.15) is 0 Å². The average Bonchev–Trinajstić information content (AvgIpc) is 2.84. The van der Waals surface area contributed by atoms with Gasteiger partial charge in [0, 0.05) is 27.5 Å². The molecule has 4 heteroatoms. The molecule has 18 heavy (non-hydrogen) atoms. The van der Waals surface area contributed by atoms with Gasteiger partial charge in [0.2, 0.25) is 0 Å². The molecule has 1 aromatic heterocycles. The SMILES string of the molecule is CCN(Cc1cccs1)Cc1ccc(Br)cc1Cl. The van der Waals surface area contributed by atoms with Crippen LogP contribution >= 0.6 is 38.9 Å². The lowest BCUT2D eigenvalue weighted by Gasteiger charge is -2.20. The number of hydrogen-bond donors (Lipinski definition) is 0. The predicted octanol–water partition coefficient (Wildman–Crippen LogP) is 5.19. The Kier molecular flexibility index (Phi) is 5.25. The average molecular weight is 345 g/mol. The molecular weight excluding hydrogens is 330 g/mol. The largest absolute Gasteiger partial charge is 0.294 e. The molecule has 0 N–H and O–H groups in total. The van der Waals surface area contributed by atoms with Crippen molar-refractivity contribution in [3.05, 3.63) is 55.6 Å². The van der Waals surface area contributed by atoms with Gasteiger partial charge < -0.3 is 0 Å². The molecule has 96 valence electrons. The molecule has 0 aliphatic rings. The zero-order chi connectivity index (χ0) is 13.0. The minimum absolute atomic E-state index is 0.828. The fourth-order valence-electron chi connectivity index (χ4n) is 1.79. The number of rotatable bonds is 5. The highest BCUT2D eigenvalue weighted by Gasteiger charge is 2.08. The molecule has 0 amide bonds. The normalized spacial score (nSPS) is 11.1. The van der Waals surface area contributed by atoms with Gasteiger partial charge >= 0.3 is 0 Å². The Labute approximate surface area is 126 Å². The molecule has 0 fully saturated rings. The van der Waals surface area contributed by atoms with Crippen LogP contribution in [0.3, 0.4) is 0 Å². The van der Waals surface area contributed by atoms with Crippen molar-refractivity contribution in [2.45, 2.75) is 20.0 Å². The van der Waals surface area contributed by atoms with Gasteiger partial charge in [-0.25, -0.2) is 0 Å². The number of halogens is 2. The van der Waals surface area contributed by atoms with Crippen LogP contribution in [0.25, 0.3) is 0 Å². The second-order valence-corrected chi connectivity index (χ2v) is 6.47. The summed E-state index contributed by atoms with van der Waals surface area (Å²) in [5.74, 6) is 0. The Morgan fingerprint density at radius 3 is 2.72 bits per heavy atom. The highest BCUT2D eigenvalue weighted by molar-refractivity contribution is 9.10. The van der Waals surface area contributed by atoms with E-state index in [9.17, 15) is 0 Å². The van der Waals surface area contributed by atoms with Gasteiger partial charge in [-0.1, -0.05) is 46.6 Å². The highest BCUT2D eigenvalue weighted by Crippen LogP contribution is 2.23. The van der Waals surface area contributed by atoms with E-state index in [1.54, 1.807) is 11.3 Å². The zero-order valence-corrected chi connectivity index (χ0v) is 13.4. The van der Waals surface area contributed by atoms with E-state index in [4.69, 9.17) is 11.6 Å². The van der Waals surface area contributed by atoms with Crippen molar-refractivity contribution in [1.29, 1.82) is 0 Å². The van der Waals surface area contributed by atoms with E-state index in [1.807, 2.05) is 12.1 Å². The molecule has 2 rings (SSSR count). The van der Waals surface area contributed by atoms with Crippen molar-refractivity contribution in [1.82, 2.24) is 4.90 Å². The van der Waals surface area contributed by atoms with E-state index in [2.05, 4.69) is 51.3 Å². The Bertz CT molecular complexity index is 499. The fraction of sp³-hybridized carbons (Fsp3) is 0.286. The number of nitrogens with zero attached hydrogens (tertiary/aromatic N) is 1. The van der Waals surface area contributed by atoms with Gasteiger partial charge in [0.15, 0.2) is 0 Å². The van der Waals surface area contributed by atoms with Crippen LogP contribution in [0, 0.1) is 0 Å². The molecule has 1 heterocycles. The third-order valence-electron chi connectivity index (χ3n) is 2.82. The maximum atomic E-state index is 6.26. The summed E-state index contributed by atoms with van der Waals surface area (Å²) in [5.41, 5.74) is 1.18. The lowest BCUT2D eigenvalue weighted by molar-refractivity contribution is 0.274. The lowest BCUT2D eigenvalue weighted by Crippen LogP contribution is -2.21. The van der Waals surface area contributed by atoms with Crippen LogP contribution in [-0.2, 0) is 13.1 Å². The summed E-state index contributed by atoms with van der Waals surface area (Å²) in [5, 5.41) is 2.95. The van der Waals surface area contributed by atoms with Crippen molar-refractivity contribution >= 4 is 38.9 Å². The predicted molar refractivity (Wildman–Crippen MR) is 83.3 cm³/mol. The Morgan fingerprint density at radius 1 is 1.28 bits per heavy atom. The number of benzene rings is 1. The fourth-order valence-corrected chi connectivity index (χ4v) is 3.27. The second-order valence-electron chi connectivity index (χ2n) is 4.12. The second kappa shape index (κ2) is 6.71. The molecule has 0 aliphatic heterocycles. The van der Waals surface area contributed by atoms with E-state index in [-0.39, 0.29) is 0 Å². The minimum atomic E-state index is 0.828.